The molecule has 0 saturated carbocycles. The van der Waals surface area contributed by atoms with Crippen LogP contribution >= 0.6 is 0 Å². The average Bonchev–Trinajstić information content (AvgIpc) is 3.35. The van der Waals surface area contributed by atoms with Crippen molar-refractivity contribution in [2.45, 2.75) is 45.6 Å². The smallest absolute Gasteiger partial charge is 0.160 e. The van der Waals surface area contributed by atoms with Crippen LogP contribution in [0.2, 0.25) is 0 Å². The highest BCUT2D eigenvalue weighted by atomic mass is 16.5. The summed E-state index contributed by atoms with van der Waals surface area (Å²) in [6.45, 7) is 14.5. The first-order valence-electron chi connectivity index (χ1n) is 12.4. The summed E-state index contributed by atoms with van der Waals surface area (Å²) in [6, 6.07) is 18.1. The molecule has 3 unspecified atom stereocenters. The van der Waals surface area contributed by atoms with Gasteiger partial charge in [0.1, 0.15) is 18.8 Å². The summed E-state index contributed by atoms with van der Waals surface area (Å²) in [4.78, 5) is 9.59. The van der Waals surface area contributed by atoms with Crippen molar-refractivity contribution in [3.8, 4) is 17.1 Å². The molecule has 0 N–H and O–H groups in total. The van der Waals surface area contributed by atoms with Crippen molar-refractivity contribution in [3.63, 3.8) is 0 Å². The maximum atomic E-state index is 5.57. The Morgan fingerprint density at radius 3 is 2.60 bits per heavy atom. The van der Waals surface area contributed by atoms with Crippen LogP contribution in [0.3, 0.4) is 0 Å². The van der Waals surface area contributed by atoms with Crippen molar-refractivity contribution in [1.82, 2.24) is 24.6 Å². The van der Waals surface area contributed by atoms with Crippen molar-refractivity contribution in [2.24, 2.45) is 0 Å². The van der Waals surface area contributed by atoms with Crippen LogP contribution in [0.25, 0.3) is 11.4 Å². The molecule has 3 atom stereocenters. The van der Waals surface area contributed by atoms with E-state index in [9.17, 15) is 0 Å². The largest absolute Gasteiger partial charge is 0.497 e. The average molecular weight is 476 g/mol. The van der Waals surface area contributed by atoms with Crippen molar-refractivity contribution in [1.29, 1.82) is 0 Å². The molecular weight excluding hydrogens is 438 g/mol. The molecule has 0 aliphatic carbocycles. The summed E-state index contributed by atoms with van der Waals surface area (Å²) in [5.74, 6) is 1.68. The highest BCUT2D eigenvalue weighted by Crippen LogP contribution is 2.35. The fraction of sp³-hybridized carbons (Fsp3) is 0.429. The van der Waals surface area contributed by atoms with Crippen LogP contribution in [-0.2, 0) is 11.5 Å². The SMILES string of the molecule is C=CCN1CC(C)N(C(c2ccc(-c3ncnn3COCC)cc2)c2cccc(OC)c2)CC1C. The molecule has 186 valence electrons. The van der Waals surface area contributed by atoms with Crippen LogP contribution in [0, 0.1) is 0 Å². The van der Waals surface area contributed by atoms with Crippen molar-refractivity contribution in [2.75, 3.05) is 33.4 Å². The van der Waals surface area contributed by atoms with E-state index in [1.807, 2.05) is 19.1 Å². The third-order valence-electron chi connectivity index (χ3n) is 6.79. The monoisotopic (exact) mass is 475 g/mol. The molecule has 0 radical (unpaired) electrons. The van der Waals surface area contributed by atoms with E-state index in [2.05, 4.69) is 82.8 Å². The number of hydrogen-bond donors (Lipinski definition) is 0. The lowest BCUT2D eigenvalue weighted by Crippen LogP contribution is -2.57. The summed E-state index contributed by atoms with van der Waals surface area (Å²) in [7, 11) is 1.72. The molecule has 0 bridgehead atoms. The van der Waals surface area contributed by atoms with E-state index in [0.29, 0.717) is 25.4 Å². The van der Waals surface area contributed by atoms with Crippen molar-refractivity contribution >= 4 is 0 Å². The Bertz CT molecular complexity index is 1100. The lowest BCUT2D eigenvalue weighted by molar-refractivity contribution is 0.0306. The van der Waals surface area contributed by atoms with Crippen molar-refractivity contribution < 1.29 is 9.47 Å². The van der Waals surface area contributed by atoms with Gasteiger partial charge in [-0.3, -0.25) is 9.80 Å². The number of benzene rings is 2. The maximum absolute atomic E-state index is 5.57. The number of nitrogens with zero attached hydrogens (tertiary/aromatic N) is 5. The molecule has 35 heavy (non-hydrogen) atoms. The Hall–Kier alpha value is -3.00. The molecule has 4 rings (SSSR count). The third-order valence-corrected chi connectivity index (χ3v) is 6.79. The van der Waals surface area contributed by atoms with Gasteiger partial charge in [0.05, 0.1) is 13.2 Å². The molecule has 1 saturated heterocycles. The normalized spacial score (nSPS) is 20.0. The lowest BCUT2D eigenvalue weighted by atomic mass is 9.92. The van der Waals surface area contributed by atoms with Gasteiger partial charge < -0.3 is 9.47 Å². The zero-order chi connectivity index (χ0) is 24.8. The molecule has 1 aliphatic heterocycles. The number of rotatable bonds is 10. The Morgan fingerprint density at radius 2 is 1.89 bits per heavy atom. The van der Waals surface area contributed by atoms with Gasteiger partial charge in [-0.05, 0) is 44.0 Å². The van der Waals surface area contributed by atoms with Gasteiger partial charge in [-0.1, -0.05) is 42.5 Å². The molecule has 2 heterocycles. The van der Waals surface area contributed by atoms with Crippen LogP contribution in [0.1, 0.15) is 37.9 Å². The van der Waals surface area contributed by atoms with Gasteiger partial charge in [0.2, 0.25) is 0 Å². The minimum absolute atomic E-state index is 0.115. The fourth-order valence-electron chi connectivity index (χ4n) is 4.97. The standard InChI is InChI=1S/C28H37N5O2/c1-6-15-31-17-22(4)32(18-21(31)3)27(25-9-8-10-26(16-25)34-5)23-11-13-24(14-12-23)28-29-19-30-33(28)20-35-7-2/h6,8-14,16,19,21-22,27H,1,7,15,17-18,20H2,2-5H3. The second-order valence-corrected chi connectivity index (χ2v) is 9.14. The first kappa shape index (κ1) is 25.1. The van der Waals surface area contributed by atoms with Gasteiger partial charge in [-0.25, -0.2) is 9.67 Å². The molecule has 1 fully saturated rings. The van der Waals surface area contributed by atoms with Crippen molar-refractivity contribution in [3.05, 3.63) is 78.6 Å². The number of methoxy groups -OCH3 is 1. The van der Waals surface area contributed by atoms with E-state index in [4.69, 9.17) is 9.47 Å². The van der Waals surface area contributed by atoms with Gasteiger partial charge in [0, 0.05) is 43.9 Å². The number of aromatic nitrogens is 3. The Morgan fingerprint density at radius 1 is 1.09 bits per heavy atom. The highest BCUT2D eigenvalue weighted by Gasteiger charge is 2.34. The Balaban J connectivity index is 1.68. The van der Waals surface area contributed by atoms with E-state index in [1.54, 1.807) is 18.1 Å². The topological polar surface area (TPSA) is 55.7 Å². The van der Waals surface area contributed by atoms with Crippen LogP contribution in [-0.4, -0.2) is 70.0 Å². The number of hydrogen-bond acceptors (Lipinski definition) is 6. The predicted molar refractivity (Wildman–Crippen MR) is 139 cm³/mol. The summed E-state index contributed by atoms with van der Waals surface area (Å²) in [5.41, 5.74) is 3.49. The van der Waals surface area contributed by atoms with Gasteiger partial charge >= 0.3 is 0 Å². The Kier molecular flexibility index (Phi) is 8.33. The minimum atomic E-state index is 0.115. The maximum Gasteiger partial charge on any atom is 0.160 e. The zero-order valence-electron chi connectivity index (χ0n) is 21.3. The molecule has 0 amide bonds. The molecular formula is C28H37N5O2. The van der Waals surface area contributed by atoms with Crippen LogP contribution < -0.4 is 4.74 Å². The van der Waals surface area contributed by atoms with E-state index in [0.717, 1.165) is 36.8 Å². The second-order valence-electron chi connectivity index (χ2n) is 9.14. The number of ether oxygens (including phenoxy) is 2. The number of piperazine rings is 1. The lowest BCUT2D eigenvalue weighted by Gasteiger charge is -2.47. The van der Waals surface area contributed by atoms with E-state index in [1.165, 1.54) is 11.1 Å². The first-order valence-corrected chi connectivity index (χ1v) is 12.4. The molecule has 1 aromatic heterocycles. The second kappa shape index (κ2) is 11.6. The van der Waals surface area contributed by atoms with E-state index in [-0.39, 0.29) is 6.04 Å². The quantitative estimate of drug-likeness (QED) is 0.399. The summed E-state index contributed by atoms with van der Waals surface area (Å²) in [5, 5.41) is 4.31. The fourth-order valence-corrected chi connectivity index (χ4v) is 4.97. The van der Waals surface area contributed by atoms with Crippen LogP contribution in [0.5, 0.6) is 5.75 Å². The van der Waals surface area contributed by atoms with Crippen LogP contribution in [0.15, 0.2) is 67.5 Å². The summed E-state index contributed by atoms with van der Waals surface area (Å²) >= 11 is 0. The molecule has 0 spiro atoms. The minimum Gasteiger partial charge on any atom is -0.497 e. The molecule has 1 aliphatic rings. The van der Waals surface area contributed by atoms with E-state index >= 15 is 0 Å². The van der Waals surface area contributed by atoms with Gasteiger partial charge in [-0.2, -0.15) is 5.10 Å². The first-order chi connectivity index (χ1) is 17.0. The third kappa shape index (κ3) is 5.64. The van der Waals surface area contributed by atoms with Gasteiger partial charge in [-0.15, -0.1) is 6.58 Å². The van der Waals surface area contributed by atoms with Gasteiger partial charge in [0.25, 0.3) is 0 Å². The molecule has 7 heteroatoms. The molecule has 3 aromatic rings. The molecule has 2 aromatic carbocycles. The van der Waals surface area contributed by atoms with Crippen LogP contribution in [0.4, 0.5) is 0 Å². The summed E-state index contributed by atoms with van der Waals surface area (Å²) in [6.07, 6.45) is 3.58. The summed E-state index contributed by atoms with van der Waals surface area (Å²) < 4.78 is 12.9. The Labute approximate surface area is 209 Å². The zero-order valence-corrected chi connectivity index (χ0v) is 21.3. The highest BCUT2D eigenvalue weighted by molar-refractivity contribution is 5.56. The van der Waals surface area contributed by atoms with Gasteiger partial charge in [0.15, 0.2) is 5.82 Å². The molecule has 7 nitrogen and oxygen atoms in total. The predicted octanol–water partition coefficient (Wildman–Crippen LogP) is 4.62. The van der Waals surface area contributed by atoms with E-state index < -0.39 is 0 Å².